The quantitative estimate of drug-likeness (QED) is 0.876. The number of halogens is 1. The van der Waals surface area contributed by atoms with Gasteiger partial charge in [0.05, 0.1) is 0 Å². The van der Waals surface area contributed by atoms with E-state index >= 15 is 0 Å². The maximum absolute atomic E-state index is 12.2. The lowest BCUT2D eigenvalue weighted by molar-refractivity contribution is -0.120. The lowest BCUT2D eigenvalue weighted by Crippen LogP contribution is -2.37. The molecule has 0 aliphatic rings. The first-order chi connectivity index (χ1) is 10.9. The van der Waals surface area contributed by atoms with Gasteiger partial charge in [0.25, 0.3) is 0 Å². The lowest BCUT2D eigenvalue weighted by atomic mass is 10.1. The van der Waals surface area contributed by atoms with E-state index in [9.17, 15) is 9.59 Å². The number of carbonyl (C=O) groups excluding carboxylic acids is 2. The zero-order valence-electron chi connectivity index (χ0n) is 13.4. The number of hydrogen-bond acceptors (Lipinski definition) is 2. The van der Waals surface area contributed by atoms with Crippen molar-refractivity contribution < 1.29 is 9.59 Å². The van der Waals surface area contributed by atoms with Crippen molar-refractivity contribution in [1.29, 1.82) is 0 Å². The van der Waals surface area contributed by atoms with Crippen molar-refractivity contribution >= 4 is 39.1 Å². The molecule has 0 atom stereocenters. The van der Waals surface area contributed by atoms with Crippen molar-refractivity contribution in [3.63, 3.8) is 0 Å². The van der Waals surface area contributed by atoms with Gasteiger partial charge in [-0.3, -0.25) is 9.59 Å². The molecule has 0 saturated heterocycles. The molecule has 4 nitrogen and oxygen atoms in total. The van der Waals surface area contributed by atoms with Gasteiger partial charge in [0, 0.05) is 22.8 Å². The van der Waals surface area contributed by atoms with Gasteiger partial charge >= 0.3 is 0 Å². The van der Waals surface area contributed by atoms with Crippen LogP contribution in [0.2, 0.25) is 0 Å². The molecule has 0 heterocycles. The Morgan fingerprint density at radius 2 is 1.74 bits per heavy atom. The number of rotatable bonds is 4. The van der Waals surface area contributed by atoms with E-state index in [1.807, 2.05) is 44.2 Å². The van der Waals surface area contributed by atoms with E-state index in [0.717, 1.165) is 21.3 Å². The second-order valence-corrected chi connectivity index (χ2v) is 6.37. The van der Waals surface area contributed by atoms with E-state index in [1.165, 1.54) is 11.8 Å². The molecule has 0 fully saturated rings. The predicted octanol–water partition coefficient (Wildman–Crippen LogP) is 4.06. The number of amides is 2. The predicted molar refractivity (Wildman–Crippen MR) is 96.7 cm³/mol. The summed E-state index contributed by atoms with van der Waals surface area (Å²) in [6.45, 7) is 5.38. The van der Waals surface area contributed by atoms with Crippen LogP contribution < -0.4 is 10.2 Å². The molecule has 5 heteroatoms. The lowest BCUT2D eigenvalue weighted by Gasteiger charge is -2.23. The van der Waals surface area contributed by atoms with Gasteiger partial charge in [-0.15, -0.1) is 0 Å². The molecular formula is C18H19BrN2O2. The second kappa shape index (κ2) is 7.42. The maximum Gasteiger partial charge on any atom is 0.244 e. The first-order valence-electron chi connectivity index (χ1n) is 7.27. The molecular weight excluding hydrogens is 356 g/mol. The molecule has 0 bridgehead atoms. The van der Waals surface area contributed by atoms with Gasteiger partial charge < -0.3 is 10.2 Å². The zero-order valence-corrected chi connectivity index (χ0v) is 15.0. The van der Waals surface area contributed by atoms with Crippen molar-refractivity contribution in [1.82, 2.24) is 0 Å². The first-order valence-corrected chi connectivity index (χ1v) is 8.07. The molecule has 0 radical (unpaired) electrons. The molecule has 0 aromatic heterocycles. The summed E-state index contributed by atoms with van der Waals surface area (Å²) in [6, 6.07) is 13.1. The number of nitrogens with one attached hydrogen (secondary N) is 1. The summed E-state index contributed by atoms with van der Waals surface area (Å²) < 4.78 is 0.941. The maximum atomic E-state index is 12.2. The number of aryl methyl sites for hydroxylation is 2. The van der Waals surface area contributed by atoms with Crippen molar-refractivity contribution in [2.75, 3.05) is 16.8 Å². The summed E-state index contributed by atoms with van der Waals surface area (Å²) in [4.78, 5) is 25.7. The summed E-state index contributed by atoms with van der Waals surface area (Å²) in [5.41, 5.74) is 3.54. The molecule has 0 aliphatic carbocycles. The highest BCUT2D eigenvalue weighted by Crippen LogP contribution is 2.21. The Hall–Kier alpha value is -2.14. The fourth-order valence-electron chi connectivity index (χ4n) is 2.35. The highest BCUT2D eigenvalue weighted by Gasteiger charge is 2.17. The van der Waals surface area contributed by atoms with E-state index in [1.54, 1.807) is 12.1 Å². The highest BCUT2D eigenvalue weighted by atomic mass is 79.9. The molecule has 120 valence electrons. The fraction of sp³-hybridized carbons (Fsp3) is 0.222. The minimum atomic E-state index is -0.234. The van der Waals surface area contributed by atoms with Crippen LogP contribution in [-0.4, -0.2) is 18.4 Å². The monoisotopic (exact) mass is 374 g/mol. The Kier molecular flexibility index (Phi) is 5.55. The van der Waals surface area contributed by atoms with Crippen LogP contribution in [0.4, 0.5) is 11.4 Å². The van der Waals surface area contributed by atoms with E-state index in [2.05, 4.69) is 21.2 Å². The number of benzene rings is 2. The van der Waals surface area contributed by atoms with Crippen LogP contribution in [0.15, 0.2) is 46.9 Å². The molecule has 23 heavy (non-hydrogen) atoms. The second-order valence-electron chi connectivity index (χ2n) is 5.45. The summed E-state index contributed by atoms with van der Waals surface area (Å²) in [7, 11) is 0. The summed E-state index contributed by atoms with van der Waals surface area (Å²) in [6.07, 6.45) is 0. The molecule has 2 amide bonds. The summed E-state index contributed by atoms with van der Waals surface area (Å²) in [5.74, 6) is -0.398. The van der Waals surface area contributed by atoms with Gasteiger partial charge in [-0.2, -0.15) is 0 Å². The van der Waals surface area contributed by atoms with Crippen LogP contribution in [0.1, 0.15) is 18.1 Å². The highest BCUT2D eigenvalue weighted by molar-refractivity contribution is 9.10. The van der Waals surface area contributed by atoms with E-state index in [4.69, 9.17) is 0 Å². The number of carbonyl (C=O) groups is 2. The van der Waals surface area contributed by atoms with Gasteiger partial charge in [-0.05, 0) is 49.7 Å². The van der Waals surface area contributed by atoms with Crippen LogP contribution in [-0.2, 0) is 9.59 Å². The van der Waals surface area contributed by atoms with Gasteiger partial charge in [-0.25, -0.2) is 0 Å². The zero-order chi connectivity index (χ0) is 17.0. The van der Waals surface area contributed by atoms with Crippen molar-refractivity contribution in [3.05, 3.63) is 58.1 Å². The molecule has 2 rings (SSSR count). The van der Waals surface area contributed by atoms with Crippen molar-refractivity contribution in [2.24, 2.45) is 0 Å². The molecule has 0 unspecified atom stereocenters. The molecule has 1 N–H and O–H groups in total. The van der Waals surface area contributed by atoms with Gasteiger partial charge in [0.15, 0.2) is 0 Å². The third-order valence-corrected chi connectivity index (χ3v) is 3.98. The Morgan fingerprint density at radius 1 is 1.09 bits per heavy atom. The number of anilines is 2. The van der Waals surface area contributed by atoms with Crippen LogP contribution in [0.25, 0.3) is 0 Å². The summed E-state index contributed by atoms with van der Waals surface area (Å²) in [5, 5.41) is 2.80. The smallest absolute Gasteiger partial charge is 0.244 e. The average Bonchev–Trinajstić information content (AvgIpc) is 2.48. The normalized spacial score (nSPS) is 10.3. The first kappa shape index (κ1) is 17.2. The molecule has 2 aromatic carbocycles. The van der Waals surface area contributed by atoms with Crippen LogP contribution in [0.3, 0.4) is 0 Å². The van der Waals surface area contributed by atoms with Gasteiger partial charge in [-0.1, -0.05) is 33.6 Å². The minimum absolute atomic E-state index is 0.0186. The standard InChI is InChI=1S/C18H19BrN2O2/c1-12-4-9-17(13(2)10-12)21(14(3)22)11-18(23)20-16-7-5-15(19)6-8-16/h4-10H,11H2,1-3H3,(H,20,23). The third-order valence-electron chi connectivity index (χ3n) is 3.45. The molecule has 0 saturated carbocycles. The van der Waals surface area contributed by atoms with Crippen LogP contribution in [0, 0.1) is 13.8 Å². The average molecular weight is 375 g/mol. The van der Waals surface area contributed by atoms with Crippen LogP contribution >= 0.6 is 15.9 Å². The Bertz CT molecular complexity index is 726. The van der Waals surface area contributed by atoms with Crippen molar-refractivity contribution in [3.8, 4) is 0 Å². The van der Waals surface area contributed by atoms with Crippen LogP contribution in [0.5, 0.6) is 0 Å². The SMILES string of the molecule is CC(=O)N(CC(=O)Nc1ccc(Br)cc1)c1ccc(C)cc1C. The largest absolute Gasteiger partial charge is 0.325 e. The summed E-state index contributed by atoms with van der Waals surface area (Å²) >= 11 is 3.35. The van der Waals surface area contributed by atoms with E-state index < -0.39 is 0 Å². The number of hydrogen-bond donors (Lipinski definition) is 1. The van der Waals surface area contributed by atoms with Gasteiger partial charge in [0.1, 0.15) is 6.54 Å². The minimum Gasteiger partial charge on any atom is -0.325 e. The fourth-order valence-corrected chi connectivity index (χ4v) is 2.62. The Morgan fingerprint density at radius 3 is 2.30 bits per heavy atom. The molecule has 2 aromatic rings. The van der Waals surface area contributed by atoms with Gasteiger partial charge in [0.2, 0.25) is 11.8 Å². The molecule has 0 spiro atoms. The number of nitrogens with zero attached hydrogens (tertiary/aromatic N) is 1. The topological polar surface area (TPSA) is 49.4 Å². The Labute approximate surface area is 144 Å². The Balaban J connectivity index is 2.14. The third kappa shape index (κ3) is 4.66. The van der Waals surface area contributed by atoms with E-state index in [-0.39, 0.29) is 18.4 Å². The van der Waals surface area contributed by atoms with E-state index in [0.29, 0.717) is 5.69 Å². The molecule has 0 aliphatic heterocycles. The van der Waals surface area contributed by atoms with Crippen molar-refractivity contribution in [2.45, 2.75) is 20.8 Å².